The van der Waals surface area contributed by atoms with Gasteiger partial charge in [-0.3, -0.25) is 9.59 Å². The Balaban J connectivity index is 1.46. The van der Waals surface area contributed by atoms with Gasteiger partial charge in [-0.05, 0) is 42.5 Å². The van der Waals surface area contributed by atoms with Crippen molar-refractivity contribution in [2.24, 2.45) is 5.92 Å². The summed E-state index contributed by atoms with van der Waals surface area (Å²) in [5.74, 6) is 0.0214. The average Bonchev–Trinajstić information content (AvgIpc) is 2.70. The van der Waals surface area contributed by atoms with Crippen LogP contribution < -0.4 is 11.1 Å². The summed E-state index contributed by atoms with van der Waals surface area (Å²) in [6.45, 7) is 1.84. The molecular formula is C22H27N3O2. The molecule has 1 saturated heterocycles. The van der Waals surface area contributed by atoms with E-state index in [9.17, 15) is 9.59 Å². The third-order valence-electron chi connectivity index (χ3n) is 5.04. The number of carbonyl (C=O) groups excluding carboxylic acids is 2. The normalized spacial score (nSPS) is 16.7. The Bertz CT molecular complexity index is 759. The minimum absolute atomic E-state index is 0.0441. The maximum absolute atomic E-state index is 12.5. The molecule has 0 bridgehead atoms. The van der Waals surface area contributed by atoms with Crippen LogP contribution in [0.2, 0.25) is 0 Å². The molecule has 0 saturated carbocycles. The largest absolute Gasteiger partial charge is 0.399 e. The van der Waals surface area contributed by atoms with E-state index in [-0.39, 0.29) is 17.7 Å². The molecule has 0 radical (unpaired) electrons. The van der Waals surface area contributed by atoms with Gasteiger partial charge in [-0.1, -0.05) is 42.5 Å². The van der Waals surface area contributed by atoms with E-state index in [0.717, 1.165) is 42.6 Å². The van der Waals surface area contributed by atoms with Gasteiger partial charge >= 0.3 is 0 Å². The summed E-state index contributed by atoms with van der Waals surface area (Å²) in [5, 5.41) is 3.02. The highest BCUT2D eigenvalue weighted by Crippen LogP contribution is 2.18. The molecule has 1 atom stereocenters. The second-order valence-electron chi connectivity index (χ2n) is 7.12. The standard InChI is InChI=1S/C22H27N3O2/c23-20-10-8-17(9-11-20)12-13-24-22(27)19-7-4-14-25(16-19)21(26)15-18-5-2-1-3-6-18/h1-3,5-6,8-11,19H,4,7,12-16,23H2,(H,24,27). The molecule has 27 heavy (non-hydrogen) atoms. The Morgan fingerprint density at radius 2 is 1.78 bits per heavy atom. The van der Waals surface area contributed by atoms with E-state index in [4.69, 9.17) is 5.73 Å². The fourth-order valence-corrected chi connectivity index (χ4v) is 3.46. The predicted octanol–water partition coefficient (Wildman–Crippen LogP) is 2.41. The first-order chi connectivity index (χ1) is 13.1. The lowest BCUT2D eigenvalue weighted by atomic mass is 9.96. The van der Waals surface area contributed by atoms with Crippen LogP contribution in [0.4, 0.5) is 5.69 Å². The maximum atomic E-state index is 12.5. The van der Waals surface area contributed by atoms with Crippen molar-refractivity contribution in [1.29, 1.82) is 0 Å². The Morgan fingerprint density at radius 1 is 1.04 bits per heavy atom. The smallest absolute Gasteiger partial charge is 0.227 e. The molecule has 1 aliphatic heterocycles. The van der Waals surface area contributed by atoms with E-state index in [1.165, 1.54) is 0 Å². The van der Waals surface area contributed by atoms with E-state index in [2.05, 4.69) is 5.32 Å². The molecule has 1 unspecified atom stereocenters. The number of amides is 2. The Kier molecular flexibility index (Phi) is 6.47. The van der Waals surface area contributed by atoms with Crippen LogP contribution in [0.5, 0.6) is 0 Å². The van der Waals surface area contributed by atoms with Crippen molar-refractivity contribution in [3.63, 3.8) is 0 Å². The van der Waals surface area contributed by atoms with Gasteiger partial charge in [-0.25, -0.2) is 0 Å². The minimum Gasteiger partial charge on any atom is -0.399 e. The molecular weight excluding hydrogens is 338 g/mol. The summed E-state index contributed by atoms with van der Waals surface area (Å²) in [6, 6.07) is 17.4. The van der Waals surface area contributed by atoms with Gasteiger partial charge in [-0.2, -0.15) is 0 Å². The number of hydrogen-bond acceptors (Lipinski definition) is 3. The molecule has 5 nitrogen and oxygen atoms in total. The highest BCUT2D eigenvalue weighted by atomic mass is 16.2. The van der Waals surface area contributed by atoms with E-state index in [0.29, 0.717) is 19.5 Å². The number of carbonyl (C=O) groups is 2. The van der Waals surface area contributed by atoms with Gasteiger partial charge in [0, 0.05) is 25.3 Å². The number of nitrogens with zero attached hydrogens (tertiary/aromatic N) is 1. The lowest BCUT2D eigenvalue weighted by Gasteiger charge is -2.32. The summed E-state index contributed by atoms with van der Waals surface area (Å²) >= 11 is 0. The van der Waals surface area contributed by atoms with Crippen molar-refractivity contribution in [3.05, 3.63) is 65.7 Å². The highest BCUT2D eigenvalue weighted by Gasteiger charge is 2.28. The highest BCUT2D eigenvalue weighted by molar-refractivity contribution is 5.82. The zero-order chi connectivity index (χ0) is 19.1. The molecule has 1 heterocycles. The summed E-state index contributed by atoms with van der Waals surface area (Å²) in [7, 11) is 0. The number of nitrogens with two attached hydrogens (primary N) is 1. The first-order valence-electron chi connectivity index (χ1n) is 9.55. The monoisotopic (exact) mass is 365 g/mol. The minimum atomic E-state index is -0.120. The van der Waals surface area contributed by atoms with Gasteiger partial charge in [0.15, 0.2) is 0 Å². The molecule has 2 aromatic carbocycles. The average molecular weight is 365 g/mol. The summed E-state index contributed by atoms with van der Waals surface area (Å²) < 4.78 is 0. The molecule has 1 aliphatic rings. The second kappa shape index (κ2) is 9.21. The first-order valence-corrected chi connectivity index (χ1v) is 9.55. The molecule has 0 spiro atoms. The van der Waals surface area contributed by atoms with E-state index in [1.54, 1.807) is 0 Å². The Morgan fingerprint density at radius 3 is 2.52 bits per heavy atom. The number of rotatable bonds is 6. The fourth-order valence-electron chi connectivity index (χ4n) is 3.46. The number of anilines is 1. The molecule has 0 aromatic heterocycles. The SMILES string of the molecule is Nc1ccc(CCNC(=O)C2CCCN(C(=O)Cc3ccccc3)C2)cc1. The number of hydrogen-bond donors (Lipinski definition) is 2. The quantitative estimate of drug-likeness (QED) is 0.772. The molecule has 2 amide bonds. The number of likely N-dealkylation sites (tertiary alicyclic amines) is 1. The fraction of sp³-hybridized carbons (Fsp3) is 0.364. The van der Waals surface area contributed by atoms with E-state index in [1.807, 2.05) is 59.5 Å². The van der Waals surface area contributed by atoms with Crippen LogP contribution in [0.15, 0.2) is 54.6 Å². The molecule has 5 heteroatoms. The predicted molar refractivity (Wildman–Crippen MR) is 107 cm³/mol. The summed E-state index contributed by atoms with van der Waals surface area (Å²) in [6.07, 6.45) is 2.88. The zero-order valence-corrected chi connectivity index (χ0v) is 15.6. The van der Waals surface area contributed by atoms with E-state index < -0.39 is 0 Å². The number of piperidine rings is 1. The molecule has 0 aliphatic carbocycles. The van der Waals surface area contributed by atoms with Crippen molar-refractivity contribution in [2.75, 3.05) is 25.4 Å². The van der Waals surface area contributed by atoms with Crippen LogP contribution in [-0.4, -0.2) is 36.3 Å². The molecule has 3 rings (SSSR count). The van der Waals surface area contributed by atoms with Crippen LogP contribution in [0.25, 0.3) is 0 Å². The van der Waals surface area contributed by atoms with Gasteiger partial charge < -0.3 is 16.0 Å². The number of nitrogen functional groups attached to an aromatic ring is 1. The number of nitrogens with one attached hydrogen (secondary N) is 1. The van der Waals surface area contributed by atoms with Crippen molar-refractivity contribution in [2.45, 2.75) is 25.7 Å². The Hall–Kier alpha value is -2.82. The van der Waals surface area contributed by atoms with Crippen LogP contribution in [0.1, 0.15) is 24.0 Å². The van der Waals surface area contributed by atoms with Crippen LogP contribution in [-0.2, 0) is 22.4 Å². The number of benzene rings is 2. The van der Waals surface area contributed by atoms with Gasteiger partial charge in [-0.15, -0.1) is 0 Å². The maximum Gasteiger partial charge on any atom is 0.227 e. The second-order valence-corrected chi connectivity index (χ2v) is 7.12. The Labute approximate surface area is 160 Å². The van der Waals surface area contributed by atoms with Gasteiger partial charge in [0.05, 0.1) is 12.3 Å². The van der Waals surface area contributed by atoms with Gasteiger partial charge in [0.2, 0.25) is 11.8 Å². The van der Waals surface area contributed by atoms with Gasteiger partial charge in [0.25, 0.3) is 0 Å². The molecule has 1 fully saturated rings. The third kappa shape index (κ3) is 5.58. The van der Waals surface area contributed by atoms with Crippen LogP contribution >= 0.6 is 0 Å². The molecule has 2 aromatic rings. The first kappa shape index (κ1) is 19.0. The van der Waals surface area contributed by atoms with Crippen molar-refractivity contribution >= 4 is 17.5 Å². The zero-order valence-electron chi connectivity index (χ0n) is 15.6. The third-order valence-corrected chi connectivity index (χ3v) is 5.04. The van der Waals surface area contributed by atoms with Crippen molar-refractivity contribution < 1.29 is 9.59 Å². The topological polar surface area (TPSA) is 75.4 Å². The van der Waals surface area contributed by atoms with Crippen LogP contribution in [0.3, 0.4) is 0 Å². The molecule has 3 N–H and O–H groups in total. The van der Waals surface area contributed by atoms with Crippen molar-refractivity contribution in [3.8, 4) is 0 Å². The van der Waals surface area contributed by atoms with E-state index >= 15 is 0 Å². The molecule has 142 valence electrons. The lowest BCUT2D eigenvalue weighted by molar-refractivity contribution is -0.135. The van der Waals surface area contributed by atoms with Crippen LogP contribution in [0, 0.1) is 5.92 Å². The van der Waals surface area contributed by atoms with Crippen molar-refractivity contribution in [1.82, 2.24) is 10.2 Å². The summed E-state index contributed by atoms with van der Waals surface area (Å²) in [5.41, 5.74) is 8.58. The summed E-state index contributed by atoms with van der Waals surface area (Å²) in [4.78, 5) is 26.9. The van der Waals surface area contributed by atoms with Gasteiger partial charge in [0.1, 0.15) is 0 Å². The lowest BCUT2D eigenvalue weighted by Crippen LogP contribution is -2.46.